The standard InChI is InChI=1S/C13H27NO/c1-11(2)12(13(3,4)5)15-10-9-14-7-6-8-14/h11-12H,6-10H2,1-5H3/t12-/m0/s1. The number of likely N-dealkylation sites (tertiary alicyclic amines) is 1. The van der Waals surface area contributed by atoms with Crippen molar-refractivity contribution in [2.45, 2.75) is 47.1 Å². The van der Waals surface area contributed by atoms with Crippen LogP contribution in [0.5, 0.6) is 0 Å². The van der Waals surface area contributed by atoms with E-state index in [1.165, 1.54) is 19.5 Å². The quantitative estimate of drug-likeness (QED) is 0.696. The number of nitrogens with zero attached hydrogens (tertiary/aromatic N) is 1. The minimum Gasteiger partial charge on any atom is -0.376 e. The molecule has 1 atom stereocenters. The molecule has 2 nitrogen and oxygen atoms in total. The normalized spacial score (nSPS) is 20.4. The smallest absolute Gasteiger partial charge is 0.0646 e. The Morgan fingerprint density at radius 3 is 2.13 bits per heavy atom. The van der Waals surface area contributed by atoms with Gasteiger partial charge < -0.3 is 9.64 Å². The molecule has 0 aromatic heterocycles. The van der Waals surface area contributed by atoms with Crippen molar-refractivity contribution in [3.63, 3.8) is 0 Å². The lowest BCUT2D eigenvalue weighted by molar-refractivity contribution is -0.0559. The lowest BCUT2D eigenvalue weighted by Crippen LogP contribution is -2.41. The first-order valence-corrected chi connectivity index (χ1v) is 6.25. The van der Waals surface area contributed by atoms with Gasteiger partial charge in [-0.05, 0) is 30.8 Å². The predicted octanol–water partition coefficient (Wildman–Crippen LogP) is 2.78. The van der Waals surface area contributed by atoms with Crippen molar-refractivity contribution in [3.8, 4) is 0 Å². The van der Waals surface area contributed by atoms with Crippen molar-refractivity contribution in [2.75, 3.05) is 26.2 Å². The number of hydrogen-bond donors (Lipinski definition) is 0. The van der Waals surface area contributed by atoms with E-state index in [-0.39, 0.29) is 5.41 Å². The van der Waals surface area contributed by atoms with Crippen LogP contribution in [0.4, 0.5) is 0 Å². The summed E-state index contributed by atoms with van der Waals surface area (Å²) in [5, 5.41) is 0. The van der Waals surface area contributed by atoms with Crippen molar-refractivity contribution < 1.29 is 4.74 Å². The van der Waals surface area contributed by atoms with Gasteiger partial charge in [-0.25, -0.2) is 0 Å². The number of ether oxygens (including phenoxy) is 1. The fourth-order valence-corrected chi connectivity index (χ4v) is 2.36. The van der Waals surface area contributed by atoms with Crippen LogP contribution in [-0.2, 0) is 4.74 Å². The van der Waals surface area contributed by atoms with Crippen LogP contribution >= 0.6 is 0 Å². The highest BCUT2D eigenvalue weighted by atomic mass is 16.5. The summed E-state index contributed by atoms with van der Waals surface area (Å²) in [6.45, 7) is 15.8. The first kappa shape index (κ1) is 13.0. The second kappa shape index (κ2) is 5.31. The number of rotatable bonds is 5. The fraction of sp³-hybridized carbons (Fsp3) is 1.00. The summed E-state index contributed by atoms with van der Waals surface area (Å²) in [6.07, 6.45) is 1.74. The molecule has 0 amide bonds. The lowest BCUT2D eigenvalue weighted by Gasteiger charge is -2.36. The molecule has 1 fully saturated rings. The molecule has 0 saturated carbocycles. The molecule has 1 saturated heterocycles. The second-order valence-electron chi connectivity index (χ2n) is 6.10. The zero-order chi connectivity index (χ0) is 11.5. The molecule has 0 spiro atoms. The van der Waals surface area contributed by atoms with Crippen LogP contribution < -0.4 is 0 Å². The van der Waals surface area contributed by atoms with Crippen LogP contribution in [0.1, 0.15) is 41.0 Å². The van der Waals surface area contributed by atoms with Crippen LogP contribution in [0, 0.1) is 11.3 Å². The first-order chi connectivity index (χ1) is 6.91. The largest absolute Gasteiger partial charge is 0.376 e. The van der Waals surface area contributed by atoms with Crippen molar-refractivity contribution in [1.82, 2.24) is 4.90 Å². The van der Waals surface area contributed by atoms with E-state index in [0.717, 1.165) is 13.2 Å². The molecule has 0 unspecified atom stereocenters. The van der Waals surface area contributed by atoms with E-state index in [1.807, 2.05) is 0 Å². The molecule has 15 heavy (non-hydrogen) atoms. The summed E-state index contributed by atoms with van der Waals surface area (Å²) in [6, 6.07) is 0. The van der Waals surface area contributed by atoms with E-state index in [0.29, 0.717) is 12.0 Å². The Morgan fingerprint density at radius 2 is 1.80 bits per heavy atom. The van der Waals surface area contributed by atoms with Gasteiger partial charge in [-0.3, -0.25) is 0 Å². The van der Waals surface area contributed by atoms with Gasteiger partial charge in [-0.15, -0.1) is 0 Å². The monoisotopic (exact) mass is 213 g/mol. The molecule has 0 aromatic rings. The van der Waals surface area contributed by atoms with E-state index in [4.69, 9.17) is 4.74 Å². The zero-order valence-electron chi connectivity index (χ0n) is 11.0. The van der Waals surface area contributed by atoms with Crippen LogP contribution in [0.2, 0.25) is 0 Å². The zero-order valence-corrected chi connectivity index (χ0v) is 11.0. The predicted molar refractivity (Wildman–Crippen MR) is 65.1 cm³/mol. The summed E-state index contributed by atoms with van der Waals surface area (Å²) in [5.41, 5.74) is 0.253. The molecule has 0 aliphatic carbocycles. The van der Waals surface area contributed by atoms with Gasteiger partial charge in [0.15, 0.2) is 0 Å². The molecular weight excluding hydrogens is 186 g/mol. The molecule has 1 heterocycles. The van der Waals surface area contributed by atoms with Gasteiger partial charge in [0.2, 0.25) is 0 Å². The Hall–Kier alpha value is -0.0800. The summed E-state index contributed by atoms with van der Waals surface area (Å²) in [7, 11) is 0. The summed E-state index contributed by atoms with van der Waals surface area (Å²) in [5.74, 6) is 0.599. The minimum absolute atomic E-state index is 0.253. The second-order valence-corrected chi connectivity index (χ2v) is 6.10. The highest BCUT2D eigenvalue weighted by Crippen LogP contribution is 2.28. The third kappa shape index (κ3) is 4.12. The van der Waals surface area contributed by atoms with Crippen LogP contribution in [0.25, 0.3) is 0 Å². The third-order valence-corrected chi connectivity index (χ3v) is 3.11. The van der Waals surface area contributed by atoms with Gasteiger partial charge in [-0.1, -0.05) is 34.6 Å². The summed E-state index contributed by atoms with van der Waals surface area (Å²) < 4.78 is 6.03. The van der Waals surface area contributed by atoms with Crippen LogP contribution in [-0.4, -0.2) is 37.2 Å². The van der Waals surface area contributed by atoms with Crippen LogP contribution in [0.15, 0.2) is 0 Å². The van der Waals surface area contributed by atoms with E-state index in [1.54, 1.807) is 0 Å². The maximum atomic E-state index is 6.03. The maximum Gasteiger partial charge on any atom is 0.0646 e. The van der Waals surface area contributed by atoms with Crippen molar-refractivity contribution in [1.29, 1.82) is 0 Å². The van der Waals surface area contributed by atoms with Crippen molar-refractivity contribution in [2.24, 2.45) is 11.3 Å². The SMILES string of the molecule is CC(C)[C@H](OCCN1CCC1)C(C)(C)C. The lowest BCUT2D eigenvalue weighted by atomic mass is 9.82. The highest BCUT2D eigenvalue weighted by Gasteiger charge is 2.28. The Balaban J connectivity index is 2.25. The molecule has 1 rings (SSSR count). The average molecular weight is 213 g/mol. The molecule has 2 heteroatoms. The van der Waals surface area contributed by atoms with Crippen molar-refractivity contribution >= 4 is 0 Å². The fourth-order valence-electron chi connectivity index (χ4n) is 2.36. The third-order valence-electron chi connectivity index (χ3n) is 3.11. The summed E-state index contributed by atoms with van der Waals surface area (Å²) >= 11 is 0. The maximum absolute atomic E-state index is 6.03. The Kier molecular flexibility index (Phi) is 4.60. The topological polar surface area (TPSA) is 12.5 Å². The molecule has 0 radical (unpaired) electrons. The van der Waals surface area contributed by atoms with Crippen molar-refractivity contribution in [3.05, 3.63) is 0 Å². The van der Waals surface area contributed by atoms with Crippen LogP contribution in [0.3, 0.4) is 0 Å². The molecular formula is C13H27NO. The minimum atomic E-state index is 0.253. The molecule has 0 bridgehead atoms. The molecule has 1 aliphatic heterocycles. The van der Waals surface area contributed by atoms with Gasteiger partial charge in [0.1, 0.15) is 0 Å². The van der Waals surface area contributed by atoms with E-state index < -0.39 is 0 Å². The molecule has 90 valence electrons. The first-order valence-electron chi connectivity index (χ1n) is 6.25. The number of hydrogen-bond acceptors (Lipinski definition) is 2. The molecule has 1 aliphatic rings. The Bertz CT molecular complexity index is 179. The molecule has 0 N–H and O–H groups in total. The van der Waals surface area contributed by atoms with E-state index in [9.17, 15) is 0 Å². The summed E-state index contributed by atoms with van der Waals surface area (Å²) in [4.78, 5) is 2.46. The van der Waals surface area contributed by atoms with Gasteiger partial charge in [0.25, 0.3) is 0 Å². The Morgan fingerprint density at radius 1 is 1.20 bits per heavy atom. The van der Waals surface area contributed by atoms with E-state index in [2.05, 4.69) is 39.5 Å². The molecule has 0 aromatic carbocycles. The van der Waals surface area contributed by atoms with E-state index >= 15 is 0 Å². The van der Waals surface area contributed by atoms with Gasteiger partial charge in [-0.2, -0.15) is 0 Å². The van der Waals surface area contributed by atoms with Gasteiger partial charge in [0, 0.05) is 6.54 Å². The van der Waals surface area contributed by atoms with Gasteiger partial charge >= 0.3 is 0 Å². The van der Waals surface area contributed by atoms with Gasteiger partial charge in [0.05, 0.1) is 12.7 Å². The Labute approximate surface area is 95.0 Å². The average Bonchev–Trinajstić information content (AvgIpc) is 1.97. The highest BCUT2D eigenvalue weighted by molar-refractivity contribution is 4.78.